The van der Waals surface area contributed by atoms with Crippen molar-refractivity contribution < 1.29 is 9.18 Å². The first kappa shape index (κ1) is 14.8. The number of benzene rings is 1. The first-order chi connectivity index (χ1) is 10.6. The summed E-state index contributed by atoms with van der Waals surface area (Å²) in [4.78, 5) is 16.3. The summed E-state index contributed by atoms with van der Waals surface area (Å²) in [6.07, 6.45) is 1.91. The van der Waals surface area contributed by atoms with Crippen LogP contribution in [0.3, 0.4) is 0 Å². The van der Waals surface area contributed by atoms with Gasteiger partial charge in [-0.25, -0.2) is 14.4 Å². The number of halogens is 1. The third-order valence-electron chi connectivity index (χ3n) is 3.44. The van der Waals surface area contributed by atoms with Gasteiger partial charge in [-0.2, -0.15) is 5.10 Å². The van der Waals surface area contributed by atoms with Gasteiger partial charge in [0.05, 0.1) is 0 Å². The van der Waals surface area contributed by atoms with Crippen LogP contribution in [0.1, 0.15) is 29.1 Å². The van der Waals surface area contributed by atoms with E-state index in [1.54, 1.807) is 12.1 Å². The maximum absolute atomic E-state index is 13.0. The smallest absolute Gasteiger partial charge is 0.242 e. The predicted molar refractivity (Wildman–Crippen MR) is 84.4 cm³/mol. The van der Waals surface area contributed by atoms with Gasteiger partial charge >= 0.3 is 0 Å². The lowest BCUT2D eigenvalue weighted by atomic mass is 10.1. The Labute approximate surface area is 132 Å². The molecule has 1 aromatic heterocycles. The number of carbonyl (C=O) groups excluding carboxylic acids is 1. The lowest BCUT2D eigenvalue weighted by Gasteiger charge is -2.11. The van der Waals surface area contributed by atoms with Crippen molar-refractivity contribution in [1.82, 2.24) is 9.99 Å². The first-order valence-corrected chi connectivity index (χ1v) is 8.04. The molecule has 1 aromatic carbocycles. The van der Waals surface area contributed by atoms with Gasteiger partial charge in [0.1, 0.15) is 16.5 Å². The summed E-state index contributed by atoms with van der Waals surface area (Å²) in [5.74, 6) is -0.216. The number of thiazole rings is 1. The Morgan fingerprint density at radius 1 is 1.41 bits per heavy atom. The zero-order valence-corrected chi connectivity index (χ0v) is 13.1. The minimum absolute atomic E-state index is 0.0462. The first-order valence-electron chi connectivity index (χ1n) is 7.16. The summed E-state index contributed by atoms with van der Waals surface area (Å²) >= 11 is 1.51. The molecule has 1 aliphatic rings. The van der Waals surface area contributed by atoms with Crippen molar-refractivity contribution in [3.8, 4) is 0 Å². The van der Waals surface area contributed by atoms with Crippen LogP contribution in [0.15, 0.2) is 34.7 Å². The van der Waals surface area contributed by atoms with Crippen molar-refractivity contribution in [3.63, 3.8) is 0 Å². The number of carbonyl (C=O) groups is 1. The van der Waals surface area contributed by atoms with Gasteiger partial charge in [0.25, 0.3) is 0 Å². The SMILES string of the molecule is Cc1csc(C(Cc2ccc(F)cc2)=NN2CCCC2=O)n1. The zero-order chi connectivity index (χ0) is 15.5. The molecule has 0 bridgehead atoms. The maximum atomic E-state index is 13.0. The Hall–Kier alpha value is -2.08. The van der Waals surface area contributed by atoms with Gasteiger partial charge in [-0.1, -0.05) is 12.1 Å². The molecule has 0 saturated carbocycles. The van der Waals surface area contributed by atoms with Gasteiger partial charge in [0.15, 0.2) is 0 Å². The molecule has 2 aromatic rings. The molecule has 2 heterocycles. The third-order valence-corrected chi connectivity index (χ3v) is 4.45. The van der Waals surface area contributed by atoms with E-state index in [1.807, 2.05) is 12.3 Å². The molecule has 22 heavy (non-hydrogen) atoms. The number of rotatable bonds is 4. The van der Waals surface area contributed by atoms with Gasteiger partial charge in [0, 0.05) is 30.5 Å². The van der Waals surface area contributed by atoms with E-state index in [0.29, 0.717) is 19.4 Å². The summed E-state index contributed by atoms with van der Waals surface area (Å²) in [5.41, 5.74) is 2.62. The highest BCUT2D eigenvalue weighted by molar-refractivity contribution is 7.11. The van der Waals surface area contributed by atoms with E-state index in [2.05, 4.69) is 10.1 Å². The van der Waals surface area contributed by atoms with Crippen LogP contribution in [-0.4, -0.2) is 28.2 Å². The molecule has 1 amide bonds. The van der Waals surface area contributed by atoms with Crippen LogP contribution in [0.25, 0.3) is 0 Å². The number of nitrogens with zero attached hydrogens (tertiary/aromatic N) is 3. The maximum Gasteiger partial charge on any atom is 0.242 e. The van der Waals surface area contributed by atoms with Crippen LogP contribution in [0, 0.1) is 12.7 Å². The number of aromatic nitrogens is 1. The van der Waals surface area contributed by atoms with Gasteiger partial charge in [-0.3, -0.25) is 4.79 Å². The molecule has 0 N–H and O–H groups in total. The molecule has 0 atom stereocenters. The lowest BCUT2D eigenvalue weighted by Crippen LogP contribution is -2.21. The fourth-order valence-corrected chi connectivity index (χ4v) is 3.10. The van der Waals surface area contributed by atoms with Crippen molar-refractivity contribution in [1.29, 1.82) is 0 Å². The third kappa shape index (κ3) is 3.39. The number of hydrazone groups is 1. The highest BCUT2D eigenvalue weighted by Gasteiger charge is 2.21. The van der Waals surface area contributed by atoms with E-state index in [1.165, 1.54) is 28.5 Å². The molecular weight excluding hydrogens is 301 g/mol. The van der Waals surface area contributed by atoms with Crippen LogP contribution in [0.5, 0.6) is 0 Å². The minimum Gasteiger partial charge on any atom is -0.273 e. The largest absolute Gasteiger partial charge is 0.273 e. The molecule has 1 aliphatic heterocycles. The van der Waals surface area contributed by atoms with Crippen molar-refractivity contribution in [2.45, 2.75) is 26.2 Å². The van der Waals surface area contributed by atoms with Crippen LogP contribution >= 0.6 is 11.3 Å². The van der Waals surface area contributed by atoms with Crippen molar-refractivity contribution in [2.24, 2.45) is 5.10 Å². The van der Waals surface area contributed by atoms with Crippen molar-refractivity contribution in [3.05, 3.63) is 51.7 Å². The molecule has 6 heteroatoms. The fraction of sp³-hybridized carbons (Fsp3) is 0.312. The molecule has 0 unspecified atom stereocenters. The highest BCUT2D eigenvalue weighted by Crippen LogP contribution is 2.17. The van der Waals surface area contributed by atoms with Crippen LogP contribution in [0.4, 0.5) is 4.39 Å². The van der Waals surface area contributed by atoms with E-state index in [-0.39, 0.29) is 11.7 Å². The second-order valence-electron chi connectivity index (χ2n) is 5.26. The standard InChI is InChI=1S/C16H16FN3OS/c1-11-10-22-16(18-11)14(19-20-8-2-3-15(20)21)9-12-4-6-13(17)7-5-12/h4-7,10H,2-3,8-9H2,1H3. The van der Waals surface area contributed by atoms with Crippen molar-refractivity contribution in [2.75, 3.05) is 6.54 Å². The Kier molecular flexibility index (Phi) is 4.29. The molecule has 0 radical (unpaired) electrons. The monoisotopic (exact) mass is 317 g/mol. The second kappa shape index (κ2) is 6.36. The van der Waals surface area contributed by atoms with E-state index in [0.717, 1.165) is 28.4 Å². The van der Waals surface area contributed by atoms with Crippen molar-refractivity contribution >= 4 is 23.0 Å². The van der Waals surface area contributed by atoms with E-state index < -0.39 is 0 Å². The van der Waals surface area contributed by atoms with Gasteiger partial charge in [-0.15, -0.1) is 11.3 Å². The topological polar surface area (TPSA) is 45.6 Å². The quantitative estimate of drug-likeness (QED) is 0.813. The van der Waals surface area contributed by atoms with E-state index in [4.69, 9.17) is 0 Å². The fourth-order valence-electron chi connectivity index (χ4n) is 2.32. The van der Waals surface area contributed by atoms with Crippen LogP contribution < -0.4 is 0 Å². The number of hydrogen-bond donors (Lipinski definition) is 0. The predicted octanol–water partition coefficient (Wildman–Crippen LogP) is 3.16. The minimum atomic E-state index is -0.262. The number of aryl methyl sites for hydroxylation is 1. The lowest BCUT2D eigenvalue weighted by molar-refractivity contribution is -0.127. The average molecular weight is 317 g/mol. The second-order valence-corrected chi connectivity index (χ2v) is 6.12. The number of amides is 1. The summed E-state index contributed by atoms with van der Waals surface area (Å²) in [5, 5.41) is 8.80. The van der Waals surface area contributed by atoms with E-state index >= 15 is 0 Å². The Morgan fingerprint density at radius 3 is 2.77 bits per heavy atom. The highest BCUT2D eigenvalue weighted by atomic mass is 32.1. The summed E-state index contributed by atoms with van der Waals surface area (Å²) < 4.78 is 13.0. The zero-order valence-electron chi connectivity index (χ0n) is 12.3. The normalized spacial score (nSPS) is 15.6. The molecule has 114 valence electrons. The number of hydrogen-bond acceptors (Lipinski definition) is 4. The molecule has 1 saturated heterocycles. The molecule has 0 aliphatic carbocycles. The van der Waals surface area contributed by atoms with Gasteiger partial charge < -0.3 is 0 Å². The Bertz CT molecular complexity index is 708. The molecule has 1 fully saturated rings. The molecule has 4 nitrogen and oxygen atoms in total. The van der Waals surface area contributed by atoms with Crippen LogP contribution in [0.2, 0.25) is 0 Å². The Morgan fingerprint density at radius 2 is 2.18 bits per heavy atom. The van der Waals surface area contributed by atoms with E-state index in [9.17, 15) is 9.18 Å². The summed E-state index contributed by atoms with van der Waals surface area (Å²) in [7, 11) is 0. The summed E-state index contributed by atoms with van der Waals surface area (Å²) in [6, 6.07) is 6.33. The average Bonchev–Trinajstić information content (AvgIpc) is 3.10. The van der Waals surface area contributed by atoms with Gasteiger partial charge in [0.2, 0.25) is 5.91 Å². The molecule has 0 spiro atoms. The summed E-state index contributed by atoms with van der Waals surface area (Å²) in [6.45, 7) is 2.58. The molecule has 3 rings (SSSR count). The van der Waals surface area contributed by atoms with Crippen LogP contribution in [-0.2, 0) is 11.2 Å². The molecular formula is C16H16FN3OS. The van der Waals surface area contributed by atoms with Gasteiger partial charge in [-0.05, 0) is 31.0 Å². The Balaban J connectivity index is 1.90.